The summed E-state index contributed by atoms with van der Waals surface area (Å²) in [4.78, 5) is 14.4. The number of aromatic nitrogens is 1. The third-order valence-corrected chi connectivity index (χ3v) is 9.00. The van der Waals surface area contributed by atoms with E-state index in [0.29, 0.717) is 11.8 Å². The molecule has 1 saturated heterocycles. The van der Waals surface area contributed by atoms with Crippen LogP contribution in [0.5, 0.6) is 5.75 Å². The third-order valence-electron chi connectivity index (χ3n) is 6.83. The number of rotatable bonds is 8. The number of nitrogens with zero attached hydrogens (tertiary/aromatic N) is 2. The average Bonchev–Trinajstić information content (AvgIpc) is 3.49. The maximum absolute atomic E-state index is 15.1. The number of carboxylic acid groups (broad SMARTS) is 1. The first-order valence-corrected chi connectivity index (χ1v) is 14.1. The quantitative estimate of drug-likeness (QED) is 0.449. The minimum Gasteiger partial charge on any atom is -0.488 e. The second-order valence-electron chi connectivity index (χ2n) is 9.13. The van der Waals surface area contributed by atoms with Crippen LogP contribution in [-0.2, 0) is 14.8 Å². The Kier molecular flexibility index (Phi) is 8.25. The molecule has 2 aliphatic carbocycles. The van der Waals surface area contributed by atoms with Crippen molar-refractivity contribution in [2.45, 2.75) is 67.5 Å². The molecule has 0 bridgehead atoms. The Balaban J connectivity index is 0.000000917. The van der Waals surface area contributed by atoms with E-state index in [1.165, 1.54) is 24.8 Å². The third kappa shape index (κ3) is 6.11. The molecule has 3 N–H and O–H groups in total. The van der Waals surface area contributed by atoms with Crippen LogP contribution in [0, 0.1) is 5.82 Å². The van der Waals surface area contributed by atoms with E-state index in [9.17, 15) is 8.42 Å². The summed E-state index contributed by atoms with van der Waals surface area (Å²) in [6, 6.07) is 3.53. The Morgan fingerprint density at radius 1 is 1.26 bits per heavy atom. The second-order valence-corrected chi connectivity index (χ2v) is 11.7. The smallest absolute Gasteiger partial charge is 0.290 e. The summed E-state index contributed by atoms with van der Waals surface area (Å²) in [7, 11) is -1.92. The number of benzene rings is 1. The SMILES string of the molecule is CN(C1CNC1)[C@H]1CCCC[C@@H]1Oc1cc(F)c(S(=O)(=O)Nc2nccs2)cc1C1CC1.O=CO. The van der Waals surface area contributed by atoms with Crippen LogP contribution < -0.4 is 14.8 Å². The number of likely N-dealkylation sites (N-methyl/N-ethyl adjacent to an activating group) is 1. The van der Waals surface area contributed by atoms with Gasteiger partial charge in [-0.1, -0.05) is 6.42 Å². The number of carbonyl (C=O) groups is 1. The predicted octanol–water partition coefficient (Wildman–Crippen LogP) is 3.25. The largest absolute Gasteiger partial charge is 0.488 e. The van der Waals surface area contributed by atoms with Crippen LogP contribution in [0.4, 0.5) is 9.52 Å². The van der Waals surface area contributed by atoms with E-state index in [1.807, 2.05) is 0 Å². The number of anilines is 1. The van der Waals surface area contributed by atoms with Gasteiger partial charge in [0.05, 0.1) is 0 Å². The van der Waals surface area contributed by atoms with E-state index < -0.39 is 15.8 Å². The van der Waals surface area contributed by atoms with Crippen molar-refractivity contribution in [3.63, 3.8) is 0 Å². The van der Waals surface area contributed by atoms with Crippen molar-refractivity contribution in [3.8, 4) is 5.75 Å². The van der Waals surface area contributed by atoms with Crippen LogP contribution >= 0.6 is 11.3 Å². The Morgan fingerprint density at radius 2 is 1.97 bits per heavy atom. The molecule has 0 amide bonds. The van der Waals surface area contributed by atoms with Crippen LogP contribution in [0.25, 0.3) is 0 Å². The van der Waals surface area contributed by atoms with Gasteiger partial charge in [-0.25, -0.2) is 17.8 Å². The number of thiazole rings is 1. The molecule has 3 aliphatic rings. The molecule has 35 heavy (non-hydrogen) atoms. The molecule has 0 spiro atoms. The van der Waals surface area contributed by atoms with E-state index >= 15 is 4.39 Å². The van der Waals surface area contributed by atoms with E-state index in [2.05, 4.69) is 27.0 Å². The van der Waals surface area contributed by atoms with Crippen molar-refractivity contribution in [3.05, 3.63) is 35.1 Å². The summed E-state index contributed by atoms with van der Waals surface area (Å²) in [6.07, 6.45) is 7.63. The van der Waals surface area contributed by atoms with Gasteiger partial charge in [0.15, 0.2) is 5.13 Å². The van der Waals surface area contributed by atoms with Gasteiger partial charge in [-0.3, -0.25) is 14.4 Å². The molecule has 2 atom stereocenters. The maximum Gasteiger partial charge on any atom is 0.290 e. The first-order chi connectivity index (χ1) is 16.8. The molecule has 1 aromatic heterocycles. The minimum absolute atomic E-state index is 0.0258. The van der Waals surface area contributed by atoms with Crippen molar-refractivity contribution in [1.29, 1.82) is 0 Å². The standard InChI is InChI=1S/C22H29FN4O3S2.CH2O2/c1-27(15-12-24-13-15)18-4-2-3-5-19(18)30-20-11-17(23)21(10-16(20)14-6-7-14)32(28,29)26-22-25-8-9-31-22;2-1-3/h8-11,14-15,18-19,24H,2-7,12-13H2,1H3,(H,25,26);1H,(H,2,3)/t18-,19-;/m0./s1. The lowest BCUT2D eigenvalue weighted by molar-refractivity contribution is -0.122. The molecule has 2 aromatic rings. The van der Waals surface area contributed by atoms with Gasteiger partial charge in [0.25, 0.3) is 16.5 Å². The van der Waals surface area contributed by atoms with Crippen LogP contribution in [-0.4, -0.2) is 68.2 Å². The maximum atomic E-state index is 15.1. The summed E-state index contributed by atoms with van der Waals surface area (Å²) in [5.74, 6) is -0.0809. The Morgan fingerprint density at radius 3 is 2.57 bits per heavy atom. The Labute approximate surface area is 208 Å². The van der Waals surface area contributed by atoms with E-state index in [4.69, 9.17) is 14.6 Å². The summed E-state index contributed by atoms with van der Waals surface area (Å²) < 4.78 is 49.6. The molecule has 2 saturated carbocycles. The number of sulfonamides is 1. The van der Waals surface area contributed by atoms with E-state index in [-0.39, 0.29) is 34.6 Å². The fourth-order valence-corrected chi connectivity index (χ4v) is 6.58. The number of ether oxygens (including phenoxy) is 1. The molecule has 192 valence electrons. The zero-order valence-corrected chi connectivity index (χ0v) is 21.2. The molecule has 0 unspecified atom stereocenters. The first kappa shape index (κ1) is 25.8. The lowest BCUT2D eigenvalue weighted by Crippen LogP contribution is -2.61. The molecule has 2 heterocycles. The first-order valence-electron chi connectivity index (χ1n) is 11.8. The Hall–Kier alpha value is -2.28. The molecule has 1 aromatic carbocycles. The van der Waals surface area contributed by atoms with Crippen LogP contribution in [0.15, 0.2) is 28.6 Å². The van der Waals surface area contributed by atoms with E-state index in [0.717, 1.165) is 62.1 Å². The highest BCUT2D eigenvalue weighted by molar-refractivity contribution is 7.93. The van der Waals surface area contributed by atoms with Crippen molar-refractivity contribution >= 4 is 33.0 Å². The molecule has 1 aliphatic heterocycles. The second kappa shape index (κ2) is 11.2. The average molecular weight is 527 g/mol. The van der Waals surface area contributed by atoms with Crippen LogP contribution in [0.2, 0.25) is 0 Å². The van der Waals surface area contributed by atoms with Gasteiger partial charge in [0.2, 0.25) is 0 Å². The van der Waals surface area contributed by atoms with Crippen molar-refractivity contribution < 1.29 is 27.4 Å². The molecule has 0 radical (unpaired) electrons. The van der Waals surface area contributed by atoms with Gasteiger partial charge in [-0.05, 0) is 56.7 Å². The number of hydrogen-bond donors (Lipinski definition) is 3. The molecule has 3 fully saturated rings. The van der Waals surface area contributed by atoms with Crippen LogP contribution in [0.3, 0.4) is 0 Å². The number of nitrogens with one attached hydrogen (secondary N) is 2. The van der Waals surface area contributed by atoms with Gasteiger partial charge >= 0.3 is 0 Å². The van der Waals surface area contributed by atoms with Crippen LogP contribution in [0.1, 0.15) is 50.0 Å². The fourth-order valence-electron chi connectivity index (χ4n) is 4.69. The molecule has 9 nitrogen and oxygen atoms in total. The number of hydrogen-bond acceptors (Lipinski definition) is 8. The highest BCUT2D eigenvalue weighted by Gasteiger charge is 2.37. The summed E-state index contributed by atoms with van der Waals surface area (Å²) in [5.41, 5.74) is 0.795. The molecular formula is C23H31FN4O5S2. The lowest BCUT2D eigenvalue weighted by Gasteiger charge is -2.45. The number of halogens is 1. The fraction of sp³-hybridized carbons (Fsp3) is 0.565. The van der Waals surface area contributed by atoms with E-state index in [1.54, 1.807) is 5.38 Å². The van der Waals surface area contributed by atoms with Crippen molar-refractivity contribution in [2.75, 3.05) is 24.9 Å². The van der Waals surface area contributed by atoms with Gasteiger partial charge < -0.3 is 15.2 Å². The monoisotopic (exact) mass is 526 g/mol. The predicted molar refractivity (Wildman–Crippen MR) is 131 cm³/mol. The van der Waals surface area contributed by atoms with Gasteiger partial charge in [0.1, 0.15) is 22.6 Å². The van der Waals surface area contributed by atoms with Crippen molar-refractivity contribution in [2.24, 2.45) is 0 Å². The minimum atomic E-state index is -4.07. The summed E-state index contributed by atoms with van der Waals surface area (Å²) in [5, 5.41) is 12.1. The highest BCUT2D eigenvalue weighted by atomic mass is 32.2. The molecule has 5 rings (SSSR count). The summed E-state index contributed by atoms with van der Waals surface area (Å²) >= 11 is 1.15. The zero-order valence-electron chi connectivity index (χ0n) is 19.5. The highest BCUT2D eigenvalue weighted by Crippen LogP contribution is 2.46. The summed E-state index contributed by atoms with van der Waals surface area (Å²) in [6.45, 7) is 1.72. The van der Waals surface area contributed by atoms with Gasteiger partial charge in [-0.15, -0.1) is 11.3 Å². The van der Waals surface area contributed by atoms with Gasteiger partial charge in [0, 0.05) is 42.8 Å². The zero-order chi connectivity index (χ0) is 25.0. The Bertz CT molecular complexity index is 1110. The molecule has 12 heteroatoms. The topological polar surface area (TPSA) is 121 Å². The van der Waals surface area contributed by atoms with Gasteiger partial charge in [-0.2, -0.15) is 0 Å². The van der Waals surface area contributed by atoms with Crippen molar-refractivity contribution in [1.82, 2.24) is 15.2 Å². The normalized spacial score (nSPS) is 22.6. The lowest BCUT2D eigenvalue weighted by atomic mass is 9.89. The molecular weight excluding hydrogens is 495 g/mol.